The largest absolute Gasteiger partial charge is 0.497 e. The number of hydrogen-bond donors (Lipinski definition) is 3. The maximum atomic E-state index is 5.37. The fourth-order valence-electron chi connectivity index (χ4n) is 3.77. The molecule has 3 rings (SSSR count). The van der Waals surface area contributed by atoms with Crippen LogP contribution in [-0.2, 0) is 6.54 Å². The molecule has 0 aliphatic carbocycles. The van der Waals surface area contributed by atoms with Crippen molar-refractivity contribution < 1.29 is 19.9 Å². The average molecular weight is 278 g/mol. The van der Waals surface area contributed by atoms with Gasteiger partial charge in [-0.1, -0.05) is 0 Å². The minimum Gasteiger partial charge on any atom is -0.497 e. The van der Waals surface area contributed by atoms with E-state index in [2.05, 4.69) is 30.4 Å². The van der Waals surface area contributed by atoms with Gasteiger partial charge in [0.05, 0.1) is 13.7 Å². The van der Waals surface area contributed by atoms with E-state index in [0.29, 0.717) is 6.04 Å². The number of likely N-dealkylation sites (N-methyl/N-ethyl adjacent to an activating group) is 1. The second-order valence-electron chi connectivity index (χ2n) is 6.11. The number of quaternary nitrogens is 3. The molecular formula is C16H28N3O+3. The molecule has 110 valence electrons. The molecule has 0 aromatic heterocycles. The highest BCUT2D eigenvalue weighted by Gasteiger charge is 2.34. The van der Waals surface area contributed by atoms with E-state index in [4.69, 9.17) is 4.74 Å². The number of rotatable bonds is 3. The summed E-state index contributed by atoms with van der Waals surface area (Å²) >= 11 is 0. The van der Waals surface area contributed by atoms with Crippen molar-refractivity contribution in [2.75, 3.05) is 46.4 Å². The van der Waals surface area contributed by atoms with Gasteiger partial charge in [-0.2, -0.15) is 0 Å². The Hall–Kier alpha value is -1.10. The van der Waals surface area contributed by atoms with Gasteiger partial charge in [0.1, 0.15) is 45.0 Å². The third-order valence-corrected chi connectivity index (χ3v) is 5.08. The van der Waals surface area contributed by atoms with Crippen molar-refractivity contribution in [3.05, 3.63) is 29.3 Å². The zero-order valence-electron chi connectivity index (χ0n) is 12.7. The lowest BCUT2D eigenvalue weighted by Crippen LogP contribution is -3.28. The first-order chi connectivity index (χ1) is 9.81. The number of methoxy groups -OCH3 is 1. The van der Waals surface area contributed by atoms with Crippen LogP contribution in [0.25, 0.3) is 0 Å². The summed E-state index contributed by atoms with van der Waals surface area (Å²) in [4.78, 5) is 3.55. The van der Waals surface area contributed by atoms with Gasteiger partial charge in [-0.15, -0.1) is 0 Å². The van der Waals surface area contributed by atoms with Crippen LogP contribution in [0.2, 0.25) is 0 Å². The van der Waals surface area contributed by atoms with Gasteiger partial charge in [-0.3, -0.25) is 0 Å². The van der Waals surface area contributed by atoms with Crippen molar-refractivity contribution in [2.45, 2.75) is 19.5 Å². The summed E-state index contributed by atoms with van der Waals surface area (Å²) in [7, 11) is 1.75. The molecule has 1 fully saturated rings. The lowest BCUT2D eigenvalue weighted by molar-refractivity contribution is -1.03. The van der Waals surface area contributed by atoms with Crippen LogP contribution in [0.15, 0.2) is 18.2 Å². The zero-order chi connectivity index (χ0) is 13.9. The van der Waals surface area contributed by atoms with E-state index in [1.807, 2.05) is 0 Å². The van der Waals surface area contributed by atoms with Gasteiger partial charge in [0.2, 0.25) is 0 Å². The average Bonchev–Trinajstić information content (AvgIpc) is 2.54. The summed E-state index contributed by atoms with van der Waals surface area (Å²) in [5, 5.41) is 2.46. The number of hydrogen-bond acceptors (Lipinski definition) is 1. The van der Waals surface area contributed by atoms with Gasteiger partial charge in [-0.05, 0) is 25.1 Å². The molecule has 4 N–H and O–H groups in total. The molecule has 20 heavy (non-hydrogen) atoms. The topological polar surface area (TPSA) is 34.7 Å². The first kappa shape index (κ1) is 13.9. The Morgan fingerprint density at radius 2 is 2.05 bits per heavy atom. The van der Waals surface area contributed by atoms with Gasteiger partial charge in [0, 0.05) is 11.1 Å². The molecule has 1 saturated heterocycles. The van der Waals surface area contributed by atoms with Crippen LogP contribution in [0.3, 0.4) is 0 Å². The number of nitrogens with one attached hydrogen (secondary N) is 2. The van der Waals surface area contributed by atoms with E-state index < -0.39 is 0 Å². The number of fused-ring (bicyclic) bond motifs is 1. The molecule has 1 aromatic rings. The minimum absolute atomic E-state index is 0.670. The van der Waals surface area contributed by atoms with E-state index in [1.165, 1.54) is 44.8 Å². The van der Waals surface area contributed by atoms with Crippen LogP contribution in [-0.4, -0.2) is 46.4 Å². The highest BCUT2D eigenvalue weighted by molar-refractivity contribution is 5.37. The first-order valence-electron chi connectivity index (χ1n) is 7.98. The molecule has 2 heterocycles. The standard InChI is InChI=1S/C16H25N3O/c1-3-18-6-8-19(9-7-18)16-12-17-11-13-10-14(20-2)4-5-15(13)16/h4-5,10,16-17H,3,6-9,11-12H2,1-2H3/p+3/t16-/m0/s1. The van der Waals surface area contributed by atoms with Crippen LogP contribution >= 0.6 is 0 Å². The molecular weight excluding hydrogens is 250 g/mol. The van der Waals surface area contributed by atoms with Crippen molar-refractivity contribution >= 4 is 0 Å². The molecule has 0 radical (unpaired) electrons. The highest BCUT2D eigenvalue weighted by atomic mass is 16.5. The third kappa shape index (κ3) is 2.68. The van der Waals surface area contributed by atoms with Gasteiger partial charge in [0.15, 0.2) is 6.04 Å². The Morgan fingerprint density at radius 3 is 2.75 bits per heavy atom. The van der Waals surface area contributed by atoms with Crippen molar-refractivity contribution in [2.24, 2.45) is 0 Å². The molecule has 4 heteroatoms. The summed E-state index contributed by atoms with van der Waals surface area (Å²) in [5.41, 5.74) is 3.03. The first-order valence-corrected chi connectivity index (χ1v) is 7.98. The summed E-state index contributed by atoms with van der Waals surface area (Å²) in [6.45, 7) is 11.2. The van der Waals surface area contributed by atoms with Gasteiger partial charge in [-0.25, -0.2) is 0 Å². The summed E-state index contributed by atoms with van der Waals surface area (Å²) < 4.78 is 5.37. The zero-order valence-corrected chi connectivity index (χ0v) is 12.7. The smallest absolute Gasteiger partial charge is 0.163 e. The maximum absolute atomic E-state index is 5.37. The Bertz CT molecular complexity index is 455. The van der Waals surface area contributed by atoms with Gasteiger partial charge < -0.3 is 19.9 Å². The second kappa shape index (κ2) is 6.12. The molecule has 1 atom stereocenters. The van der Waals surface area contributed by atoms with E-state index in [1.54, 1.807) is 22.5 Å². The van der Waals surface area contributed by atoms with Crippen molar-refractivity contribution in [3.63, 3.8) is 0 Å². The Balaban J connectivity index is 1.76. The Labute approximate surface area is 121 Å². The summed E-state index contributed by atoms with van der Waals surface area (Å²) in [5.74, 6) is 0.994. The van der Waals surface area contributed by atoms with Crippen LogP contribution in [0, 0.1) is 0 Å². The lowest BCUT2D eigenvalue weighted by atomic mass is 9.94. The van der Waals surface area contributed by atoms with E-state index in [9.17, 15) is 0 Å². The molecule has 0 spiro atoms. The third-order valence-electron chi connectivity index (χ3n) is 5.08. The summed E-state index contributed by atoms with van der Waals surface area (Å²) in [6, 6.07) is 7.33. The lowest BCUT2D eigenvalue weighted by Gasteiger charge is -2.35. The minimum atomic E-state index is 0.670. The SMILES string of the molecule is CC[NH+]1CC[NH+]([C@H]2C[NH2+]Cc3cc(OC)ccc32)CC1. The van der Waals surface area contributed by atoms with Crippen molar-refractivity contribution in [1.82, 2.24) is 0 Å². The molecule has 4 nitrogen and oxygen atoms in total. The van der Waals surface area contributed by atoms with Crippen LogP contribution in [0.1, 0.15) is 24.1 Å². The molecule has 0 bridgehead atoms. The fraction of sp³-hybridized carbons (Fsp3) is 0.625. The number of ether oxygens (including phenoxy) is 1. The fourth-order valence-corrected chi connectivity index (χ4v) is 3.77. The van der Waals surface area contributed by atoms with E-state index in [-0.39, 0.29) is 0 Å². The summed E-state index contributed by atoms with van der Waals surface area (Å²) in [6.07, 6.45) is 0. The van der Waals surface area contributed by atoms with Crippen LogP contribution in [0.4, 0.5) is 0 Å². The maximum Gasteiger partial charge on any atom is 0.163 e. The molecule has 2 aliphatic heterocycles. The van der Waals surface area contributed by atoms with Gasteiger partial charge in [0.25, 0.3) is 0 Å². The Kier molecular flexibility index (Phi) is 4.24. The molecule has 0 unspecified atom stereocenters. The van der Waals surface area contributed by atoms with Crippen LogP contribution < -0.4 is 19.9 Å². The molecule has 0 saturated carbocycles. The van der Waals surface area contributed by atoms with E-state index >= 15 is 0 Å². The number of benzene rings is 1. The molecule has 1 aromatic carbocycles. The van der Waals surface area contributed by atoms with Gasteiger partial charge >= 0.3 is 0 Å². The normalized spacial score (nSPS) is 29.8. The highest BCUT2D eigenvalue weighted by Crippen LogP contribution is 2.22. The quantitative estimate of drug-likeness (QED) is 0.567. The number of piperazine rings is 1. The van der Waals surface area contributed by atoms with Crippen molar-refractivity contribution in [1.29, 1.82) is 0 Å². The number of nitrogens with two attached hydrogens (primary N) is 1. The molecule has 2 aliphatic rings. The van der Waals surface area contributed by atoms with E-state index in [0.717, 1.165) is 12.3 Å². The predicted octanol–water partition coefficient (Wildman–Crippen LogP) is -2.38. The molecule has 0 amide bonds. The Morgan fingerprint density at radius 1 is 1.25 bits per heavy atom. The second-order valence-corrected chi connectivity index (χ2v) is 6.11. The monoisotopic (exact) mass is 278 g/mol. The van der Waals surface area contributed by atoms with Crippen molar-refractivity contribution in [3.8, 4) is 5.75 Å². The van der Waals surface area contributed by atoms with Crippen LogP contribution in [0.5, 0.6) is 5.75 Å². The predicted molar refractivity (Wildman–Crippen MR) is 78.2 cm³/mol.